The Morgan fingerprint density at radius 1 is 1.42 bits per heavy atom. The number of benzene rings is 1. The van der Waals surface area contributed by atoms with E-state index in [2.05, 4.69) is 15.7 Å². The zero-order chi connectivity index (χ0) is 17.7. The van der Waals surface area contributed by atoms with Gasteiger partial charge in [-0.25, -0.2) is 4.79 Å². The van der Waals surface area contributed by atoms with Crippen molar-refractivity contribution in [3.05, 3.63) is 50.8 Å². The van der Waals surface area contributed by atoms with Gasteiger partial charge in [0.15, 0.2) is 0 Å². The minimum absolute atomic E-state index is 0.0432. The van der Waals surface area contributed by atoms with Crippen LogP contribution in [0.2, 0.25) is 5.02 Å². The third-order valence-electron chi connectivity index (χ3n) is 3.44. The summed E-state index contributed by atoms with van der Waals surface area (Å²) in [5.41, 5.74) is 1.56. The molecule has 9 heteroatoms. The quantitative estimate of drug-likeness (QED) is 0.473. The van der Waals surface area contributed by atoms with Gasteiger partial charge in [0.25, 0.3) is 0 Å². The number of aromatic nitrogens is 2. The number of carbonyl (C=O) groups is 1. The molecular formula is C15H18ClN5O3. The van der Waals surface area contributed by atoms with E-state index in [1.807, 2.05) is 0 Å². The topological polar surface area (TPSA) is 102 Å². The Labute approximate surface area is 144 Å². The summed E-state index contributed by atoms with van der Waals surface area (Å²) in [7, 11) is 0. The number of aryl methyl sites for hydroxylation is 2. The Morgan fingerprint density at radius 2 is 2.17 bits per heavy atom. The molecule has 0 saturated carbocycles. The third kappa shape index (κ3) is 4.45. The van der Waals surface area contributed by atoms with Crippen LogP contribution in [0.15, 0.2) is 24.3 Å². The molecule has 0 atom stereocenters. The van der Waals surface area contributed by atoms with Crippen LogP contribution in [0.4, 0.5) is 16.2 Å². The summed E-state index contributed by atoms with van der Waals surface area (Å²) in [4.78, 5) is 22.3. The van der Waals surface area contributed by atoms with Crippen LogP contribution >= 0.6 is 11.6 Å². The minimum atomic E-state index is -0.426. The van der Waals surface area contributed by atoms with Crippen molar-refractivity contribution in [1.29, 1.82) is 0 Å². The molecule has 0 bridgehead atoms. The normalized spacial score (nSPS) is 10.5. The maximum Gasteiger partial charge on any atom is 0.319 e. The van der Waals surface area contributed by atoms with E-state index in [0.717, 1.165) is 0 Å². The maximum absolute atomic E-state index is 11.8. The first-order chi connectivity index (χ1) is 11.4. The number of nitro groups is 1. The monoisotopic (exact) mass is 351 g/mol. The van der Waals surface area contributed by atoms with Gasteiger partial charge in [0, 0.05) is 23.8 Å². The predicted octanol–water partition coefficient (Wildman–Crippen LogP) is 3.27. The molecule has 1 heterocycles. The number of rotatable bonds is 6. The first kappa shape index (κ1) is 17.7. The van der Waals surface area contributed by atoms with Gasteiger partial charge >= 0.3 is 11.7 Å². The zero-order valence-corrected chi connectivity index (χ0v) is 14.1. The Kier molecular flexibility index (Phi) is 5.75. The molecule has 0 saturated heterocycles. The molecule has 2 amide bonds. The summed E-state index contributed by atoms with van der Waals surface area (Å²) in [5.74, 6) is 0. The molecule has 0 radical (unpaired) electrons. The van der Waals surface area contributed by atoms with Crippen molar-refractivity contribution in [2.24, 2.45) is 0 Å². The molecule has 0 aliphatic carbocycles. The Morgan fingerprint density at radius 3 is 2.79 bits per heavy atom. The molecule has 0 aliphatic heterocycles. The summed E-state index contributed by atoms with van der Waals surface area (Å²) in [6.07, 6.45) is 0.599. The molecule has 128 valence electrons. The highest BCUT2D eigenvalue weighted by molar-refractivity contribution is 6.30. The predicted molar refractivity (Wildman–Crippen MR) is 91.4 cm³/mol. The van der Waals surface area contributed by atoms with E-state index >= 15 is 0 Å². The number of urea groups is 1. The Bertz CT molecular complexity index is 760. The van der Waals surface area contributed by atoms with Crippen molar-refractivity contribution in [2.75, 3.05) is 11.9 Å². The van der Waals surface area contributed by atoms with Crippen molar-refractivity contribution < 1.29 is 9.72 Å². The van der Waals surface area contributed by atoms with Gasteiger partial charge in [-0.15, -0.1) is 0 Å². The average Bonchev–Trinajstić information content (AvgIpc) is 2.78. The lowest BCUT2D eigenvalue weighted by Gasteiger charge is -2.08. The second-order valence-electron chi connectivity index (χ2n) is 5.24. The van der Waals surface area contributed by atoms with Crippen molar-refractivity contribution in [3.8, 4) is 0 Å². The Hall–Kier alpha value is -2.61. The van der Waals surface area contributed by atoms with Crippen LogP contribution in [0.5, 0.6) is 0 Å². The molecule has 1 aromatic carbocycles. The van der Waals surface area contributed by atoms with Crippen LogP contribution in [-0.4, -0.2) is 27.3 Å². The Balaban J connectivity index is 1.80. The third-order valence-corrected chi connectivity index (χ3v) is 3.68. The number of carbonyl (C=O) groups excluding carboxylic acids is 1. The summed E-state index contributed by atoms with van der Waals surface area (Å²) in [6, 6.07) is 6.51. The highest BCUT2D eigenvalue weighted by Crippen LogP contribution is 2.21. The van der Waals surface area contributed by atoms with E-state index in [0.29, 0.717) is 41.6 Å². The molecule has 2 N–H and O–H groups in total. The number of hydrogen-bond donors (Lipinski definition) is 2. The molecule has 0 unspecified atom stereocenters. The first-order valence-electron chi connectivity index (χ1n) is 7.37. The average molecular weight is 352 g/mol. The molecule has 2 aromatic rings. The van der Waals surface area contributed by atoms with Gasteiger partial charge < -0.3 is 10.6 Å². The summed E-state index contributed by atoms with van der Waals surface area (Å²) < 4.78 is 1.59. The van der Waals surface area contributed by atoms with Crippen LogP contribution < -0.4 is 10.6 Å². The molecule has 8 nitrogen and oxygen atoms in total. The van der Waals surface area contributed by atoms with Gasteiger partial charge in [-0.1, -0.05) is 17.7 Å². The number of halogens is 1. The molecule has 0 aliphatic rings. The maximum atomic E-state index is 11.8. The lowest BCUT2D eigenvalue weighted by Crippen LogP contribution is -2.30. The second kappa shape index (κ2) is 7.78. The SMILES string of the molecule is Cc1nn(CCCNC(=O)Nc2cccc(Cl)c2)c(C)c1[N+](=O)[O-]. The van der Waals surface area contributed by atoms with E-state index < -0.39 is 4.92 Å². The van der Waals surface area contributed by atoms with Crippen LogP contribution in [0, 0.1) is 24.0 Å². The first-order valence-corrected chi connectivity index (χ1v) is 7.75. The number of nitrogens with one attached hydrogen (secondary N) is 2. The molecule has 0 spiro atoms. The van der Waals surface area contributed by atoms with Gasteiger partial charge in [-0.3, -0.25) is 14.8 Å². The second-order valence-corrected chi connectivity index (χ2v) is 5.68. The van der Waals surface area contributed by atoms with E-state index in [-0.39, 0.29) is 11.7 Å². The summed E-state index contributed by atoms with van der Waals surface area (Å²) in [6.45, 7) is 4.17. The van der Waals surface area contributed by atoms with E-state index in [9.17, 15) is 14.9 Å². The smallest absolute Gasteiger partial charge is 0.319 e. The highest BCUT2D eigenvalue weighted by atomic mass is 35.5. The molecule has 1 aromatic heterocycles. The van der Waals surface area contributed by atoms with E-state index in [1.165, 1.54) is 0 Å². The van der Waals surface area contributed by atoms with Gasteiger partial charge in [-0.05, 0) is 38.5 Å². The van der Waals surface area contributed by atoms with Gasteiger partial charge in [0.1, 0.15) is 11.4 Å². The fraction of sp³-hybridized carbons (Fsp3) is 0.333. The molecule has 2 rings (SSSR count). The molecule has 24 heavy (non-hydrogen) atoms. The lowest BCUT2D eigenvalue weighted by molar-refractivity contribution is -0.386. The molecule has 0 fully saturated rings. The van der Waals surface area contributed by atoms with Crippen LogP contribution in [0.25, 0.3) is 0 Å². The fourth-order valence-electron chi connectivity index (χ4n) is 2.34. The number of hydrogen-bond acceptors (Lipinski definition) is 4. The standard InChI is InChI=1S/C15H18ClN5O3/c1-10-14(21(23)24)11(2)20(19-10)8-4-7-17-15(22)18-13-6-3-5-12(16)9-13/h3,5-6,9H,4,7-8H2,1-2H3,(H2,17,18,22). The van der Waals surface area contributed by atoms with Crippen molar-refractivity contribution >= 4 is 29.0 Å². The van der Waals surface area contributed by atoms with Crippen LogP contribution in [-0.2, 0) is 6.54 Å². The number of nitrogens with zero attached hydrogens (tertiary/aromatic N) is 3. The van der Waals surface area contributed by atoms with Crippen molar-refractivity contribution in [3.63, 3.8) is 0 Å². The number of amides is 2. The highest BCUT2D eigenvalue weighted by Gasteiger charge is 2.21. The van der Waals surface area contributed by atoms with Gasteiger partial charge in [0.05, 0.1) is 4.92 Å². The van der Waals surface area contributed by atoms with E-state index in [4.69, 9.17) is 11.6 Å². The van der Waals surface area contributed by atoms with Crippen LogP contribution in [0.1, 0.15) is 17.8 Å². The zero-order valence-electron chi connectivity index (χ0n) is 13.4. The van der Waals surface area contributed by atoms with Crippen molar-refractivity contribution in [1.82, 2.24) is 15.1 Å². The number of anilines is 1. The van der Waals surface area contributed by atoms with Crippen molar-refractivity contribution in [2.45, 2.75) is 26.8 Å². The summed E-state index contributed by atoms with van der Waals surface area (Å²) >= 11 is 5.85. The van der Waals surface area contributed by atoms with Gasteiger partial charge in [-0.2, -0.15) is 5.10 Å². The molecular weight excluding hydrogens is 334 g/mol. The summed E-state index contributed by atoms with van der Waals surface area (Å²) in [5, 5.41) is 21.0. The lowest BCUT2D eigenvalue weighted by atomic mass is 10.3. The minimum Gasteiger partial charge on any atom is -0.338 e. The fourth-order valence-corrected chi connectivity index (χ4v) is 2.53. The largest absolute Gasteiger partial charge is 0.338 e. The van der Waals surface area contributed by atoms with E-state index in [1.54, 1.807) is 42.8 Å². The van der Waals surface area contributed by atoms with Gasteiger partial charge in [0.2, 0.25) is 0 Å². The van der Waals surface area contributed by atoms with Crippen LogP contribution in [0.3, 0.4) is 0 Å².